The number of rotatable bonds is 5. The number of hydrogen-bond acceptors (Lipinski definition) is 6. The van der Waals surface area contributed by atoms with Crippen LogP contribution in [0, 0.1) is 5.82 Å². The first-order valence-corrected chi connectivity index (χ1v) is 9.73. The second kappa shape index (κ2) is 7.40. The Kier molecular flexibility index (Phi) is 5.82. The molecule has 7 nitrogen and oxygen atoms in total. The fourth-order valence-electron chi connectivity index (χ4n) is 2.65. The molecule has 0 radical (unpaired) electrons. The molecule has 9 heteroatoms. The normalized spacial score (nSPS) is 18.0. The number of halogens is 1. The fraction of sp³-hybridized carbons (Fsp3) is 0.588. The number of fused-ring (bicyclic) bond motifs is 1. The van der Waals surface area contributed by atoms with Crippen LogP contribution in [0.4, 0.5) is 9.18 Å². The zero-order valence-corrected chi connectivity index (χ0v) is 16.3. The summed E-state index contributed by atoms with van der Waals surface area (Å²) in [6.07, 6.45) is -0.717. The third-order valence-electron chi connectivity index (χ3n) is 3.79. The quantitative estimate of drug-likeness (QED) is 0.778. The summed E-state index contributed by atoms with van der Waals surface area (Å²) in [7, 11) is -2.78. The number of nitrogens with one attached hydrogen (secondary N) is 1. The van der Waals surface area contributed by atoms with Gasteiger partial charge in [-0.25, -0.2) is 9.18 Å². The molecular formula is C17H24FNO6S. The largest absolute Gasteiger partial charge is 0.487 e. The zero-order chi connectivity index (χ0) is 19.7. The summed E-state index contributed by atoms with van der Waals surface area (Å²) in [6.45, 7) is 7.00. The van der Waals surface area contributed by atoms with E-state index < -0.39 is 45.5 Å². The van der Waals surface area contributed by atoms with Gasteiger partial charge in [0.25, 0.3) is 10.1 Å². The van der Waals surface area contributed by atoms with Crippen LogP contribution in [0.2, 0.25) is 0 Å². The van der Waals surface area contributed by atoms with Crippen molar-refractivity contribution in [1.82, 2.24) is 5.32 Å². The predicted octanol–water partition coefficient (Wildman–Crippen LogP) is 2.52. The van der Waals surface area contributed by atoms with E-state index in [1.54, 1.807) is 27.7 Å². The number of amides is 1. The minimum atomic E-state index is -3.82. The number of hydrogen-bond donors (Lipinski definition) is 1. The lowest BCUT2D eigenvalue weighted by Crippen LogP contribution is -2.45. The molecule has 2 rings (SSSR count). The third-order valence-corrected chi connectivity index (χ3v) is 4.96. The smallest absolute Gasteiger partial charge is 0.407 e. The maximum atomic E-state index is 13.8. The highest BCUT2D eigenvalue weighted by Crippen LogP contribution is 2.35. The van der Waals surface area contributed by atoms with Crippen molar-refractivity contribution in [2.45, 2.75) is 57.6 Å². The molecule has 0 spiro atoms. The Hall–Kier alpha value is -1.87. The van der Waals surface area contributed by atoms with Crippen molar-refractivity contribution in [2.75, 3.05) is 7.11 Å². The van der Waals surface area contributed by atoms with E-state index in [1.807, 2.05) is 0 Å². The Balaban J connectivity index is 2.14. The molecule has 0 saturated carbocycles. The molecule has 1 heterocycles. The highest BCUT2D eigenvalue weighted by atomic mass is 32.2. The van der Waals surface area contributed by atoms with Crippen molar-refractivity contribution in [3.05, 3.63) is 29.1 Å². The first-order valence-electron chi connectivity index (χ1n) is 8.16. The summed E-state index contributed by atoms with van der Waals surface area (Å²) >= 11 is 0. The van der Waals surface area contributed by atoms with Crippen LogP contribution in [0.15, 0.2) is 12.1 Å². The van der Waals surface area contributed by atoms with E-state index in [-0.39, 0.29) is 5.56 Å². The van der Waals surface area contributed by atoms with Crippen LogP contribution in [-0.4, -0.2) is 39.4 Å². The van der Waals surface area contributed by atoms with E-state index >= 15 is 0 Å². The average Bonchev–Trinajstić information content (AvgIpc) is 2.88. The molecule has 1 amide bonds. The van der Waals surface area contributed by atoms with Gasteiger partial charge in [-0.3, -0.25) is 4.18 Å². The summed E-state index contributed by atoms with van der Waals surface area (Å²) in [4.78, 5) is 11.9. The Bertz CT molecular complexity index is 787. The van der Waals surface area contributed by atoms with Gasteiger partial charge in [-0.2, -0.15) is 8.42 Å². The molecule has 1 aliphatic heterocycles. The molecule has 0 bridgehead atoms. The summed E-state index contributed by atoms with van der Waals surface area (Å²) < 4.78 is 52.7. The van der Waals surface area contributed by atoms with E-state index in [2.05, 4.69) is 9.50 Å². The van der Waals surface area contributed by atoms with Gasteiger partial charge in [0.1, 0.15) is 29.0 Å². The van der Waals surface area contributed by atoms with Crippen LogP contribution in [0.5, 0.6) is 5.75 Å². The van der Waals surface area contributed by atoms with Gasteiger partial charge in [0.2, 0.25) is 0 Å². The molecule has 2 atom stereocenters. The van der Waals surface area contributed by atoms with Gasteiger partial charge in [0.15, 0.2) is 0 Å². The number of carbonyl (C=O) groups is 1. The first kappa shape index (κ1) is 20.4. The number of ether oxygens (including phenoxy) is 2. The van der Waals surface area contributed by atoms with E-state index in [0.717, 1.165) is 13.2 Å². The molecule has 146 valence electrons. The number of carbonyl (C=O) groups excluding carboxylic acids is 1. The van der Waals surface area contributed by atoms with E-state index in [0.29, 0.717) is 17.7 Å². The van der Waals surface area contributed by atoms with Crippen molar-refractivity contribution in [3.63, 3.8) is 0 Å². The molecule has 1 aromatic rings. The third kappa shape index (κ3) is 5.31. The maximum Gasteiger partial charge on any atom is 0.407 e. The second-order valence-corrected chi connectivity index (χ2v) is 8.95. The molecule has 1 N–H and O–H groups in total. The molecule has 0 saturated heterocycles. The standard InChI is InChI=1S/C17H24FNO6S/c1-10(19-16(20)25-17(2,3)4)14-8-11-6-13(18)7-12(15(11)24-14)9-26(21,22)23-5/h6-7,10,14H,8-9H2,1-5H3,(H,19,20)/t10-,14?/m1/s1. The molecule has 0 aromatic heterocycles. The van der Waals surface area contributed by atoms with Gasteiger partial charge in [-0.1, -0.05) is 0 Å². The van der Waals surface area contributed by atoms with E-state index in [9.17, 15) is 17.6 Å². The lowest BCUT2D eigenvalue weighted by molar-refractivity contribution is 0.0466. The van der Waals surface area contributed by atoms with Gasteiger partial charge >= 0.3 is 6.09 Å². The molecular weight excluding hydrogens is 365 g/mol. The molecule has 0 aliphatic carbocycles. The van der Waals surface area contributed by atoms with Crippen molar-refractivity contribution in [1.29, 1.82) is 0 Å². The summed E-state index contributed by atoms with van der Waals surface area (Å²) in [5.41, 5.74) is 0.108. The van der Waals surface area contributed by atoms with Gasteiger partial charge in [-0.15, -0.1) is 0 Å². The predicted molar refractivity (Wildman–Crippen MR) is 93.0 cm³/mol. The van der Waals surface area contributed by atoms with E-state index in [1.165, 1.54) is 6.07 Å². The molecule has 1 aliphatic rings. The van der Waals surface area contributed by atoms with Gasteiger partial charge in [-0.05, 0) is 39.8 Å². The number of benzene rings is 1. The zero-order valence-electron chi connectivity index (χ0n) is 15.5. The average molecular weight is 389 g/mol. The van der Waals surface area contributed by atoms with Crippen LogP contribution >= 0.6 is 0 Å². The van der Waals surface area contributed by atoms with E-state index in [4.69, 9.17) is 9.47 Å². The molecule has 26 heavy (non-hydrogen) atoms. The van der Waals surface area contributed by atoms with Gasteiger partial charge in [0.05, 0.1) is 13.2 Å². The lowest BCUT2D eigenvalue weighted by atomic mass is 10.0. The van der Waals surface area contributed by atoms with Crippen LogP contribution in [0.3, 0.4) is 0 Å². The molecule has 1 unspecified atom stereocenters. The molecule has 0 fully saturated rings. The topological polar surface area (TPSA) is 90.9 Å². The molecule has 1 aromatic carbocycles. The first-order chi connectivity index (χ1) is 11.9. The van der Waals surface area contributed by atoms with Crippen LogP contribution in [0.1, 0.15) is 38.8 Å². The fourth-order valence-corrected chi connectivity index (χ4v) is 3.36. The van der Waals surface area contributed by atoms with Gasteiger partial charge in [0, 0.05) is 17.5 Å². The summed E-state index contributed by atoms with van der Waals surface area (Å²) in [6, 6.07) is 1.99. The summed E-state index contributed by atoms with van der Waals surface area (Å²) in [5.74, 6) is -0.735. The summed E-state index contributed by atoms with van der Waals surface area (Å²) in [5, 5.41) is 2.68. The lowest BCUT2D eigenvalue weighted by Gasteiger charge is -2.24. The Morgan fingerprint density at radius 1 is 1.42 bits per heavy atom. The highest BCUT2D eigenvalue weighted by Gasteiger charge is 2.33. The highest BCUT2D eigenvalue weighted by molar-refractivity contribution is 7.85. The van der Waals surface area contributed by atoms with Crippen LogP contribution in [0.25, 0.3) is 0 Å². The Labute approximate surface area is 152 Å². The minimum Gasteiger partial charge on any atom is -0.487 e. The van der Waals surface area contributed by atoms with Crippen molar-refractivity contribution in [3.8, 4) is 5.75 Å². The van der Waals surface area contributed by atoms with Crippen molar-refractivity contribution in [2.24, 2.45) is 0 Å². The monoisotopic (exact) mass is 389 g/mol. The van der Waals surface area contributed by atoms with Crippen molar-refractivity contribution >= 4 is 16.2 Å². The minimum absolute atomic E-state index is 0.189. The SMILES string of the molecule is COS(=O)(=O)Cc1cc(F)cc2c1OC([C@@H](C)NC(=O)OC(C)(C)C)C2. The van der Waals surface area contributed by atoms with Crippen molar-refractivity contribution < 1.29 is 31.3 Å². The maximum absolute atomic E-state index is 13.8. The Morgan fingerprint density at radius 2 is 2.08 bits per heavy atom. The Morgan fingerprint density at radius 3 is 2.65 bits per heavy atom. The van der Waals surface area contributed by atoms with Crippen LogP contribution in [-0.2, 0) is 31.2 Å². The van der Waals surface area contributed by atoms with Gasteiger partial charge < -0.3 is 14.8 Å². The number of alkyl carbamates (subject to hydrolysis) is 1. The van der Waals surface area contributed by atoms with Crippen LogP contribution < -0.4 is 10.1 Å². The second-order valence-electron chi connectivity index (χ2n) is 7.22.